The Kier molecular flexibility index (Phi) is 4.79. The van der Waals surface area contributed by atoms with Gasteiger partial charge in [-0.1, -0.05) is 0 Å². The van der Waals surface area contributed by atoms with Gasteiger partial charge in [-0.25, -0.2) is 14.3 Å². The van der Waals surface area contributed by atoms with Gasteiger partial charge in [0.2, 0.25) is 0 Å². The first-order chi connectivity index (χ1) is 10.0. The molecule has 0 saturated carbocycles. The van der Waals surface area contributed by atoms with Crippen LogP contribution in [0.25, 0.3) is 0 Å². The van der Waals surface area contributed by atoms with Gasteiger partial charge in [0, 0.05) is 18.7 Å². The molecule has 1 aromatic rings. The number of nitrogens with zero attached hydrogens (tertiary/aromatic N) is 3. The zero-order valence-electron chi connectivity index (χ0n) is 12.4. The summed E-state index contributed by atoms with van der Waals surface area (Å²) in [5.41, 5.74) is 0. The number of morpholine rings is 1. The van der Waals surface area contributed by atoms with Crippen molar-refractivity contribution in [1.29, 1.82) is 0 Å². The SMILES string of the molecule is COC(=O)C1CN(C(=O)Nc2ccnn2C(C)C)CCO1. The number of esters is 1. The Hall–Kier alpha value is -2.09. The van der Waals surface area contributed by atoms with E-state index < -0.39 is 12.1 Å². The van der Waals surface area contributed by atoms with E-state index in [2.05, 4.69) is 15.2 Å². The average Bonchev–Trinajstić information content (AvgIpc) is 2.94. The first-order valence-corrected chi connectivity index (χ1v) is 6.81. The van der Waals surface area contributed by atoms with Gasteiger partial charge < -0.3 is 14.4 Å². The van der Waals surface area contributed by atoms with Gasteiger partial charge in [-0.3, -0.25) is 5.32 Å². The van der Waals surface area contributed by atoms with Crippen molar-refractivity contribution in [2.75, 3.05) is 32.1 Å². The van der Waals surface area contributed by atoms with Gasteiger partial charge in [-0.05, 0) is 13.8 Å². The lowest BCUT2D eigenvalue weighted by molar-refractivity contribution is -0.158. The molecule has 0 spiro atoms. The second-order valence-electron chi connectivity index (χ2n) is 5.01. The van der Waals surface area contributed by atoms with Crippen molar-refractivity contribution in [3.8, 4) is 0 Å². The number of urea groups is 1. The van der Waals surface area contributed by atoms with E-state index in [4.69, 9.17) is 4.74 Å². The Labute approximate surface area is 123 Å². The van der Waals surface area contributed by atoms with Gasteiger partial charge in [0.15, 0.2) is 6.10 Å². The minimum absolute atomic E-state index is 0.141. The molecule has 1 aliphatic heterocycles. The van der Waals surface area contributed by atoms with Crippen molar-refractivity contribution < 1.29 is 19.1 Å². The first kappa shape index (κ1) is 15.3. The quantitative estimate of drug-likeness (QED) is 0.836. The second-order valence-corrected chi connectivity index (χ2v) is 5.01. The third kappa shape index (κ3) is 3.52. The number of carbonyl (C=O) groups excluding carboxylic acids is 2. The molecular weight excluding hydrogens is 276 g/mol. The normalized spacial score (nSPS) is 18.7. The summed E-state index contributed by atoms with van der Waals surface area (Å²) in [6, 6.07) is 1.59. The fraction of sp³-hybridized carbons (Fsp3) is 0.615. The van der Waals surface area contributed by atoms with Gasteiger partial charge in [0.25, 0.3) is 0 Å². The summed E-state index contributed by atoms with van der Waals surface area (Å²) in [6.07, 6.45) is 0.899. The molecule has 1 aromatic heterocycles. The maximum atomic E-state index is 12.3. The lowest BCUT2D eigenvalue weighted by Crippen LogP contribution is -2.50. The Morgan fingerprint density at radius 1 is 1.52 bits per heavy atom. The summed E-state index contributed by atoms with van der Waals surface area (Å²) in [5.74, 6) is 0.149. The fourth-order valence-corrected chi connectivity index (χ4v) is 2.12. The highest BCUT2D eigenvalue weighted by atomic mass is 16.6. The topological polar surface area (TPSA) is 85.7 Å². The van der Waals surface area contributed by atoms with E-state index in [-0.39, 0.29) is 18.6 Å². The third-order valence-electron chi connectivity index (χ3n) is 3.21. The largest absolute Gasteiger partial charge is 0.467 e. The van der Waals surface area contributed by atoms with Crippen LogP contribution in [0.5, 0.6) is 0 Å². The molecule has 2 heterocycles. The molecular formula is C13H20N4O4. The van der Waals surface area contributed by atoms with Crippen LogP contribution < -0.4 is 5.32 Å². The summed E-state index contributed by atoms with van der Waals surface area (Å²) < 4.78 is 11.7. The number of hydrogen-bond acceptors (Lipinski definition) is 5. The molecule has 0 bridgehead atoms. The van der Waals surface area contributed by atoms with E-state index in [0.717, 1.165) is 0 Å². The van der Waals surface area contributed by atoms with E-state index in [0.29, 0.717) is 19.0 Å². The number of amides is 2. The zero-order chi connectivity index (χ0) is 15.4. The molecule has 0 aromatic carbocycles. The molecule has 1 atom stereocenters. The molecule has 8 heteroatoms. The molecule has 2 amide bonds. The molecule has 116 valence electrons. The number of carbonyl (C=O) groups is 2. The summed E-state index contributed by atoms with van der Waals surface area (Å²) in [7, 11) is 1.30. The van der Waals surface area contributed by atoms with E-state index in [1.54, 1.807) is 16.9 Å². The van der Waals surface area contributed by atoms with Gasteiger partial charge >= 0.3 is 12.0 Å². The third-order valence-corrected chi connectivity index (χ3v) is 3.21. The molecule has 0 aliphatic carbocycles. The van der Waals surface area contributed by atoms with Crippen molar-refractivity contribution >= 4 is 17.8 Å². The van der Waals surface area contributed by atoms with Gasteiger partial charge in [0.05, 0.1) is 26.5 Å². The van der Waals surface area contributed by atoms with E-state index in [1.807, 2.05) is 13.8 Å². The number of aromatic nitrogens is 2. The number of nitrogens with one attached hydrogen (secondary N) is 1. The Morgan fingerprint density at radius 2 is 2.29 bits per heavy atom. The van der Waals surface area contributed by atoms with Crippen molar-refractivity contribution in [2.24, 2.45) is 0 Å². The highest BCUT2D eigenvalue weighted by Gasteiger charge is 2.30. The summed E-state index contributed by atoms with van der Waals surface area (Å²) in [6.45, 7) is 4.86. The van der Waals surface area contributed by atoms with Crippen LogP contribution in [-0.2, 0) is 14.3 Å². The number of rotatable bonds is 3. The maximum absolute atomic E-state index is 12.3. The van der Waals surface area contributed by atoms with E-state index in [9.17, 15) is 9.59 Å². The van der Waals surface area contributed by atoms with Crippen LogP contribution in [-0.4, -0.2) is 59.6 Å². The van der Waals surface area contributed by atoms with Crippen molar-refractivity contribution in [1.82, 2.24) is 14.7 Å². The van der Waals surface area contributed by atoms with Crippen LogP contribution in [0, 0.1) is 0 Å². The Morgan fingerprint density at radius 3 is 2.95 bits per heavy atom. The molecule has 2 rings (SSSR count). The Bertz CT molecular complexity index is 514. The highest BCUT2D eigenvalue weighted by molar-refractivity contribution is 5.89. The molecule has 1 fully saturated rings. The van der Waals surface area contributed by atoms with E-state index in [1.165, 1.54) is 12.0 Å². The molecule has 1 unspecified atom stereocenters. The highest BCUT2D eigenvalue weighted by Crippen LogP contribution is 2.15. The average molecular weight is 296 g/mol. The van der Waals surface area contributed by atoms with Crippen LogP contribution in [0.2, 0.25) is 0 Å². The van der Waals surface area contributed by atoms with Crippen LogP contribution in [0.3, 0.4) is 0 Å². The van der Waals surface area contributed by atoms with Crippen LogP contribution >= 0.6 is 0 Å². The van der Waals surface area contributed by atoms with Crippen LogP contribution in [0.1, 0.15) is 19.9 Å². The molecule has 21 heavy (non-hydrogen) atoms. The zero-order valence-corrected chi connectivity index (χ0v) is 12.4. The summed E-state index contributed by atoms with van der Waals surface area (Å²) in [4.78, 5) is 25.3. The van der Waals surface area contributed by atoms with Crippen LogP contribution in [0.15, 0.2) is 12.3 Å². The van der Waals surface area contributed by atoms with Crippen molar-refractivity contribution in [3.05, 3.63) is 12.3 Å². The number of anilines is 1. The smallest absolute Gasteiger partial charge is 0.336 e. The lowest BCUT2D eigenvalue weighted by Gasteiger charge is -2.31. The van der Waals surface area contributed by atoms with Gasteiger partial charge in [-0.15, -0.1) is 0 Å². The second kappa shape index (κ2) is 6.57. The minimum atomic E-state index is -0.732. The van der Waals surface area contributed by atoms with Crippen molar-refractivity contribution in [3.63, 3.8) is 0 Å². The lowest BCUT2D eigenvalue weighted by atomic mass is 10.3. The summed E-state index contributed by atoms with van der Waals surface area (Å²) in [5, 5.41) is 6.95. The molecule has 0 radical (unpaired) electrons. The molecule has 1 N–H and O–H groups in total. The van der Waals surface area contributed by atoms with Crippen molar-refractivity contribution in [2.45, 2.75) is 26.0 Å². The standard InChI is InChI=1S/C13H20N4O4/c1-9(2)17-11(4-5-14-17)15-13(19)16-6-7-21-10(8-16)12(18)20-3/h4-5,9-10H,6-8H2,1-3H3,(H,15,19). The first-order valence-electron chi connectivity index (χ1n) is 6.81. The number of methoxy groups -OCH3 is 1. The number of hydrogen-bond donors (Lipinski definition) is 1. The maximum Gasteiger partial charge on any atom is 0.336 e. The number of ether oxygens (including phenoxy) is 2. The summed E-state index contributed by atoms with van der Waals surface area (Å²) >= 11 is 0. The monoisotopic (exact) mass is 296 g/mol. The fourth-order valence-electron chi connectivity index (χ4n) is 2.12. The van der Waals surface area contributed by atoms with E-state index >= 15 is 0 Å². The molecule has 1 aliphatic rings. The predicted octanol–water partition coefficient (Wildman–Crippen LogP) is 0.870. The van der Waals surface area contributed by atoms with Gasteiger partial charge in [0.1, 0.15) is 5.82 Å². The predicted molar refractivity (Wildman–Crippen MR) is 75.0 cm³/mol. The van der Waals surface area contributed by atoms with Gasteiger partial charge in [-0.2, -0.15) is 5.10 Å². The molecule has 8 nitrogen and oxygen atoms in total. The molecule has 1 saturated heterocycles. The minimum Gasteiger partial charge on any atom is -0.467 e. The Balaban J connectivity index is 1.99. The van der Waals surface area contributed by atoms with Crippen LogP contribution in [0.4, 0.5) is 10.6 Å².